The van der Waals surface area contributed by atoms with E-state index in [2.05, 4.69) is 4.72 Å². The van der Waals surface area contributed by atoms with Crippen molar-refractivity contribution in [1.82, 2.24) is 9.62 Å². The predicted octanol–water partition coefficient (Wildman–Crippen LogP) is 3.23. The summed E-state index contributed by atoms with van der Waals surface area (Å²) in [7, 11) is -1.29. The third-order valence-electron chi connectivity index (χ3n) is 5.42. The maximum Gasteiger partial charge on any atom is 0.407 e. The number of amides is 1. The zero-order valence-corrected chi connectivity index (χ0v) is 15.7. The number of hydrogen-bond acceptors (Lipinski definition) is 2. The second-order valence-corrected chi connectivity index (χ2v) is 10.0. The van der Waals surface area contributed by atoms with Crippen LogP contribution in [-0.2, 0) is 17.4 Å². The van der Waals surface area contributed by atoms with Crippen LogP contribution >= 0.6 is 0 Å². The van der Waals surface area contributed by atoms with E-state index in [1.807, 2.05) is 26.8 Å². The van der Waals surface area contributed by atoms with Crippen LogP contribution in [-0.4, -0.2) is 38.1 Å². The summed E-state index contributed by atoms with van der Waals surface area (Å²) in [5.41, 5.74) is 1.24. The van der Waals surface area contributed by atoms with Gasteiger partial charge in [0.2, 0.25) is 0 Å². The minimum Gasteiger partial charge on any atom is -0.465 e. The van der Waals surface area contributed by atoms with E-state index < -0.39 is 21.8 Å². The third-order valence-corrected chi connectivity index (χ3v) is 6.98. The summed E-state index contributed by atoms with van der Waals surface area (Å²) in [6.45, 7) is 6.54. The van der Waals surface area contributed by atoms with Gasteiger partial charge in [-0.1, -0.05) is 12.1 Å². The summed E-state index contributed by atoms with van der Waals surface area (Å²) < 4.78 is 29.9. The Kier molecular flexibility index (Phi) is 4.66. The van der Waals surface area contributed by atoms with Crippen LogP contribution in [0.4, 0.5) is 9.18 Å². The first kappa shape index (κ1) is 18.3. The summed E-state index contributed by atoms with van der Waals surface area (Å²) in [6, 6.07) is 4.82. The average molecular weight is 368 g/mol. The Morgan fingerprint density at radius 1 is 1.36 bits per heavy atom. The molecule has 1 amide bonds. The molecule has 1 aromatic carbocycles. The number of rotatable bonds is 2. The molecule has 1 spiro atoms. The van der Waals surface area contributed by atoms with E-state index >= 15 is 0 Å². The fourth-order valence-corrected chi connectivity index (χ4v) is 4.84. The van der Waals surface area contributed by atoms with Crippen LogP contribution in [0.5, 0.6) is 0 Å². The van der Waals surface area contributed by atoms with Gasteiger partial charge in [-0.2, -0.15) is 0 Å². The van der Waals surface area contributed by atoms with Crippen molar-refractivity contribution in [3.05, 3.63) is 35.1 Å². The third kappa shape index (κ3) is 3.31. The molecule has 5 nitrogen and oxygen atoms in total. The maximum atomic E-state index is 14.4. The van der Waals surface area contributed by atoms with E-state index in [-0.39, 0.29) is 17.3 Å². The first-order chi connectivity index (χ1) is 11.6. The van der Waals surface area contributed by atoms with Crippen LogP contribution in [0.15, 0.2) is 18.2 Å². The molecule has 0 aromatic heterocycles. The Morgan fingerprint density at radius 3 is 2.56 bits per heavy atom. The largest absolute Gasteiger partial charge is 0.465 e. The molecular formula is C18H25FN2O3S. The lowest BCUT2D eigenvalue weighted by atomic mass is 9.73. The fraction of sp³-hybridized carbons (Fsp3) is 0.611. The highest BCUT2D eigenvalue weighted by atomic mass is 32.2. The van der Waals surface area contributed by atoms with Gasteiger partial charge >= 0.3 is 6.09 Å². The Labute approximate surface area is 150 Å². The molecule has 1 aromatic rings. The molecule has 1 fully saturated rings. The highest BCUT2D eigenvalue weighted by Crippen LogP contribution is 2.52. The molecule has 2 N–H and O–H groups in total. The lowest BCUT2D eigenvalue weighted by molar-refractivity contribution is 0.0766. The Bertz CT molecular complexity index is 709. The molecular weight excluding hydrogens is 343 g/mol. The lowest BCUT2D eigenvalue weighted by Gasteiger charge is -2.43. The molecule has 1 heterocycles. The normalized spacial score (nSPS) is 23.5. The molecule has 1 saturated heterocycles. The summed E-state index contributed by atoms with van der Waals surface area (Å²) >= 11 is 0. The van der Waals surface area contributed by atoms with Gasteiger partial charge in [0.15, 0.2) is 0 Å². The second kappa shape index (κ2) is 6.36. The SMILES string of the molecule is CC(C)(C)S(=O)N[C@@H]1c2cccc(F)c2CC12CCN(C(=O)O)CC2. The van der Waals surface area contributed by atoms with Crippen LogP contribution in [0.25, 0.3) is 0 Å². The molecule has 2 aliphatic rings. The Hall–Kier alpha value is -1.47. The van der Waals surface area contributed by atoms with E-state index in [1.165, 1.54) is 11.0 Å². The topological polar surface area (TPSA) is 69.6 Å². The molecule has 1 aliphatic carbocycles. The fourth-order valence-electron chi connectivity index (χ4n) is 3.90. The average Bonchev–Trinajstić information content (AvgIpc) is 2.82. The zero-order chi connectivity index (χ0) is 18.4. The van der Waals surface area contributed by atoms with Crippen LogP contribution in [0.3, 0.4) is 0 Å². The van der Waals surface area contributed by atoms with Crippen molar-refractivity contribution in [2.75, 3.05) is 13.1 Å². The van der Waals surface area contributed by atoms with Crippen LogP contribution in [0.2, 0.25) is 0 Å². The Balaban J connectivity index is 1.94. The maximum absolute atomic E-state index is 14.4. The van der Waals surface area contributed by atoms with Crippen molar-refractivity contribution >= 4 is 17.1 Å². The first-order valence-electron chi connectivity index (χ1n) is 8.57. The number of carboxylic acid groups (broad SMARTS) is 1. The van der Waals surface area contributed by atoms with Crippen LogP contribution in [0.1, 0.15) is 50.8 Å². The monoisotopic (exact) mass is 368 g/mol. The molecule has 25 heavy (non-hydrogen) atoms. The van der Waals surface area contributed by atoms with Gasteiger partial charge in [-0.05, 0) is 62.6 Å². The molecule has 138 valence electrons. The van der Waals surface area contributed by atoms with E-state index in [1.54, 1.807) is 6.07 Å². The summed E-state index contributed by atoms with van der Waals surface area (Å²) in [4.78, 5) is 12.6. The highest BCUT2D eigenvalue weighted by Gasteiger charge is 2.50. The zero-order valence-electron chi connectivity index (χ0n) is 14.8. The van der Waals surface area contributed by atoms with E-state index in [4.69, 9.17) is 0 Å². The number of likely N-dealkylation sites (tertiary alicyclic amines) is 1. The van der Waals surface area contributed by atoms with Gasteiger partial charge in [-0.3, -0.25) is 0 Å². The molecule has 0 saturated carbocycles. The van der Waals surface area contributed by atoms with Crippen LogP contribution < -0.4 is 4.72 Å². The van der Waals surface area contributed by atoms with Crippen molar-refractivity contribution in [3.63, 3.8) is 0 Å². The van der Waals surface area contributed by atoms with E-state index in [0.717, 1.165) is 5.56 Å². The number of halogens is 1. The van der Waals surface area contributed by atoms with Gasteiger partial charge in [0.25, 0.3) is 0 Å². The quantitative estimate of drug-likeness (QED) is 0.842. The molecule has 0 radical (unpaired) electrons. The predicted molar refractivity (Wildman–Crippen MR) is 95.1 cm³/mol. The number of piperidine rings is 1. The number of hydrogen-bond donors (Lipinski definition) is 2. The first-order valence-corrected chi connectivity index (χ1v) is 9.72. The minimum absolute atomic E-state index is 0.228. The van der Waals surface area contributed by atoms with Gasteiger partial charge in [0.1, 0.15) is 5.82 Å². The van der Waals surface area contributed by atoms with Gasteiger partial charge < -0.3 is 10.0 Å². The molecule has 7 heteroatoms. The molecule has 1 unspecified atom stereocenters. The van der Waals surface area contributed by atoms with Gasteiger partial charge in [-0.15, -0.1) is 0 Å². The molecule has 3 rings (SSSR count). The minimum atomic E-state index is -1.29. The van der Waals surface area contributed by atoms with Crippen molar-refractivity contribution in [2.24, 2.45) is 5.41 Å². The molecule has 1 aliphatic heterocycles. The highest BCUT2D eigenvalue weighted by molar-refractivity contribution is 7.84. The van der Waals surface area contributed by atoms with Gasteiger partial charge in [-0.25, -0.2) is 18.1 Å². The van der Waals surface area contributed by atoms with Gasteiger partial charge in [0, 0.05) is 13.1 Å². The summed E-state index contributed by atoms with van der Waals surface area (Å²) in [5, 5.41) is 9.21. The van der Waals surface area contributed by atoms with Crippen molar-refractivity contribution < 1.29 is 18.5 Å². The van der Waals surface area contributed by atoms with E-state index in [0.29, 0.717) is 37.9 Å². The smallest absolute Gasteiger partial charge is 0.407 e. The van der Waals surface area contributed by atoms with Gasteiger partial charge in [0.05, 0.1) is 21.8 Å². The van der Waals surface area contributed by atoms with Crippen molar-refractivity contribution in [3.8, 4) is 0 Å². The lowest BCUT2D eigenvalue weighted by Crippen LogP contribution is -2.48. The number of nitrogens with zero attached hydrogens (tertiary/aromatic N) is 1. The second-order valence-electron chi connectivity index (χ2n) is 8.05. The summed E-state index contributed by atoms with van der Waals surface area (Å²) in [5.74, 6) is -0.233. The standard InChI is InChI=1S/C18H25FN2O3S/c1-17(2,3)25(24)20-15-12-5-4-6-14(19)13(12)11-18(15)7-9-21(10-8-18)16(22)23/h4-6,15,20H,7-11H2,1-3H3,(H,22,23)/t15-,25?/m1/s1. The van der Waals surface area contributed by atoms with E-state index in [9.17, 15) is 18.5 Å². The summed E-state index contributed by atoms with van der Waals surface area (Å²) in [6.07, 6.45) is 0.902. The number of nitrogens with one attached hydrogen (secondary N) is 1. The van der Waals surface area contributed by atoms with Crippen LogP contribution in [0, 0.1) is 11.2 Å². The van der Waals surface area contributed by atoms with Crippen molar-refractivity contribution in [2.45, 2.75) is 50.8 Å². The number of benzene rings is 1. The van der Waals surface area contributed by atoms with Crippen molar-refractivity contribution in [1.29, 1.82) is 0 Å². The molecule has 2 atom stereocenters. The molecule has 0 bridgehead atoms. The number of carbonyl (C=O) groups is 1. The number of fused-ring (bicyclic) bond motifs is 1. The Morgan fingerprint density at radius 2 is 2.00 bits per heavy atom.